The summed E-state index contributed by atoms with van der Waals surface area (Å²) >= 11 is 1.37. The van der Waals surface area contributed by atoms with Crippen LogP contribution in [0.3, 0.4) is 0 Å². The van der Waals surface area contributed by atoms with Crippen molar-refractivity contribution in [3.8, 4) is 5.75 Å². The Balaban J connectivity index is 1.81. The number of anilines is 1. The lowest BCUT2D eigenvalue weighted by molar-refractivity contribution is -0.116. The molecule has 0 fully saturated rings. The Morgan fingerprint density at radius 2 is 1.96 bits per heavy atom. The highest BCUT2D eigenvalue weighted by molar-refractivity contribution is 7.16. The molecule has 0 spiro atoms. The van der Waals surface area contributed by atoms with E-state index in [1.807, 2.05) is 37.3 Å². The van der Waals surface area contributed by atoms with Crippen molar-refractivity contribution in [1.82, 2.24) is 0 Å². The number of aryl methyl sites for hydroxylation is 1. The molecule has 0 bridgehead atoms. The minimum Gasteiger partial charge on any atom is -0.494 e. The Morgan fingerprint density at radius 3 is 2.67 bits per heavy atom. The molecule has 1 aromatic carbocycles. The van der Waals surface area contributed by atoms with Crippen LogP contribution in [0.5, 0.6) is 5.75 Å². The second-order valence-corrected chi connectivity index (χ2v) is 6.39. The molecule has 1 amide bonds. The molecule has 5 nitrogen and oxygen atoms in total. The predicted molar refractivity (Wildman–Crippen MR) is 94.8 cm³/mol. The Labute approximate surface area is 145 Å². The van der Waals surface area contributed by atoms with Gasteiger partial charge in [-0.05, 0) is 38.5 Å². The summed E-state index contributed by atoms with van der Waals surface area (Å²) in [5, 5.41) is 3.33. The van der Waals surface area contributed by atoms with Crippen LogP contribution in [0.2, 0.25) is 0 Å². The number of amides is 1. The van der Waals surface area contributed by atoms with Crippen LogP contribution in [0.15, 0.2) is 36.4 Å². The van der Waals surface area contributed by atoms with Gasteiger partial charge in [-0.15, -0.1) is 11.3 Å². The second-order valence-electron chi connectivity index (χ2n) is 5.13. The summed E-state index contributed by atoms with van der Waals surface area (Å²) in [5.74, 6) is 0.236. The molecule has 6 heteroatoms. The quantitative estimate of drug-likeness (QED) is 0.578. The van der Waals surface area contributed by atoms with E-state index in [-0.39, 0.29) is 5.91 Å². The van der Waals surface area contributed by atoms with Gasteiger partial charge in [-0.1, -0.05) is 18.2 Å². The topological polar surface area (TPSA) is 64.6 Å². The van der Waals surface area contributed by atoms with E-state index < -0.39 is 5.97 Å². The number of thiophene rings is 1. The van der Waals surface area contributed by atoms with Crippen molar-refractivity contribution in [3.05, 3.63) is 46.8 Å². The van der Waals surface area contributed by atoms with Crippen LogP contribution in [0.4, 0.5) is 5.00 Å². The van der Waals surface area contributed by atoms with Gasteiger partial charge in [-0.2, -0.15) is 0 Å². The normalized spacial score (nSPS) is 10.2. The number of rotatable bonds is 8. The molecular formula is C18H21NO4S. The molecule has 0 aliphatic heterocycles. The first kappa shape index (κ1) is 18.0. The average Bonchev–Trinajstić information content (AvgIpc) is 2.93. The summed E-state index contributed by atoms with van der Waals surface area (Å²) in [7, 11) is 0. The predicted octanol–water partition coefficient (Wildman–Crippen LogP) is 4.03. The monoisotopic (exact) mass is 347 g/mol. The second kappa shape index (κ2) is 9.08. The average molecular weight is 347 g/mol. The van der Waals surface area contributed by atoms with Crippen LogP contribution >= 0.6 is 11.3 Å². The van der Waals surface area contributed by atoms with Crippen LogP contribution in [-0.4, -0.2) is 25.1 Å². The number of benzene rings is 1. The first-order chi connectivity index (χ1) is 11.6. The van der Waals surface area contributed by atoms with Crippen molar-refractivity contribution in [3.63, 3.8) is 0 Å². The Morgan fingerprint density at radius 1 is 1.21 bits per heavy atom. The largest absolute Gasteiger partial charge is 0.494 e. The summed E-state index contributed by atoms with van der Waals surface area (Å²) in [4.78, 5) is 24.9. The fourth-order valence-corrected chi connectivity index (χ4v) is 3.01. The van der Waals surface area contributed by atoms with E-state index in [4.69, 9.17) is 9.47 Å². The maximum atomic E-state index is 12.1. The molecule has 1 aromatic heterocycles. The van der Waals surface area contributed by atoms with Crippen molar-refractivity contribution in [1.29, 1.82) is 0 Å². The van der Waals surface area contributed by atoms with Crippen molar-refractivity contribution < 1.29 is 19.1 Å². The zero-order chi connectivity index (χ0) is 17.4. The van der Waals surface area contributed by atoms with Crippen molar-refractivity contribution >= 4 is 28.2 Å². The van der Waals surface area contributed by atoms with Gasteiger partial charge in [-0.25, -0.2) is 4.79 Å². The van der Waals surface area contributed by atoms with Crippen LogP contribution in [-0.2, 0) is 9.53 Å². The molecule has 0 aliphatic rings. The SMILES string of the molecule is CCOC(=O)c1cc(C)sc1NC(=O)CCCOc1ccccc1. The third-order valence-corrected chi connectivity index (χ3v) is 4.13. The number of nitrogens with one attached hydrogen (secondary N) is 1. The molecule has 0 aliphatic carbocycles. The molecule has 128 valence electrons. The molecule has 2 rings (SSSR count). The highest BCUT2D eigenvalue weighted by Gasteiger charge is 2.17. The third kappa shape index (κ3) is 5.38. The maximum Gasteiger partial charge on any atom is 0.341 e. The van der Waals surface area contributed by atoms with E-state index >= 15 is 0 Å². The molecule has 1 N–H and O–H groups in total. The van der Waals surface area contributed by atoms with Gasteiger partial charge in [0.15, 0.2) is 0 Å². The highest BCUT2D eigenvalue weighted by atomic mass is 32.1. The highest BCUT2D eigenvalue weighted by Crippen LogP contribution is 2.28. The van der Waals surface area contributed by atoms with Crippen LogP contribution in [0, 0.1) is 6.92 Å². The van der Waals surface area contributed by atoms with Crippen molar-refractivity contribution in [2.75, 3.05) is 18.5 Å². The first-order valence-corrected chi connectivity index (χ1v) is 8.67. The third-order valence-electron chi connectivity index (χ3n) is 3.16. The van der Waals surface area contributed by atoms with E-state index in [0.717, 1.165) is 10.6 Å². The van der Waals surface area contributed by atoms with Gasteiger partial charge in [0.1, 0.15) is 10.8 Å². The fraction of sp³-hybridized carbons (Fsp3) is 0.333. The number of esters is 1. The molecule has 1 heterocycles. The van der Waals surface area contributed by atoms with Crippen molar-refractivity contribution in [2.24, 2.45) is 0 Å². The number of hydrogen-bond acceptors (Lipinski definition) is 5. The van der Waals surface area contributed by atoms with Gasteiger partial charge in [0, 0.05) is 11.3 Å². The minimum atomic E-state index is -0.412. The van der Waals surface area contributed by atoms with Gasteiger partial charge in [0.25, 0.3) is 0 Å². The molecule has 2 aromatic rings. The number of ether oxygens (including phenoxy) is 2. The Hall–Kier alpha value is -2.34. The lowest BCUT2D eigenvalue weighted by Gasteiger charge is -2.07. The van der Waals surface area contributed by atoms with Gasteiger partial charge >= 0.3 is 5.97 Å². The number of para-hydroxylation sites is 1. The molecule has 0 unspecified atom stereocenters. The van der Waals surface area contributed by atoms with E-state index in [0.29, 0.717) is 36.6 Å². The molecule has 0 saturated carbocycles. The van der Waals surface area contributed by atoms with E-state index in [1.165, 1.54) is 11.3 Å². The number of hydrogen-bond donors (Lipinski definition) is 1. The Bertz CT molecular complexity index is 682. The molecule has 0 atom stereocenters. The van der Waals surface area contributed by atoms with Gasteiger partial charge in [0.05, 0.1) is 18.8 Å². The smallest absolute Gasteiger partial charge is 0.341 e. The molecule has 0 radical (unpaired) electrons. The van der Waals surface area contributed by atoms with Crippen LogP contribution in [0.1, 0.15) is 35.0 Å². The summed E-state index contributed by atoms with van der Waals surface area (Å²) in [5.41, 5.74) is 0.410. The molecular weight excluding hydrogens is 326 g/mol. The van der Waals surface area contributed by atoms with Crippen LogP contribution in [0.25, 0.3) is 0 Å². The summed E-state index contributed by atoms with van der Waals surface area (Å²) in [6.07, 6.45) is 0.922. The van der Waals surface area contributed by atoms with Gasteiger partial charge in [0.2, 0.25) is 5.91 Å². The molecule has 0 saturated heterocycles. The summed E-state index contributed by atoms with van der Waals surface area (Å²) < 4.78 is 10.6. The summed E-state index contributed by atoms with van der Waals surface area (Å²) in [6, 6.07) is 11.2. The van der Waals surface area contributed by atoms with Gasteiger partial charge < -0.3 is 14.8 Å². The van der Waals surface area contributed by atoms with E-state index in [1.54, 1.807) is 13.0 Å². The lowest BCUT2D eigenvalue weighted by atomic mass is 10.2. The zero-order valence-corrected chi connectivity index (χ0v) is 14.7. The zero-order valence-electron chi connectivity index (χ0n) is 13.8. The molecule has 24 heavy (non-hydrogen) atoms. The maximum absolute atomic E-state index is 12.1. The van der Waals surface area contributed by atoms with Gasteiger partial charge in [-0.3, -0.25) is 4.79 Å². The summed E-state index contributed by atoms with van der Waals surface area (Å²) in [6.45, 7) is 4.41. The number of carbonyl (C=O) groups is 2. The Kier molecular flexibility index (Phi) is 6.81. The first-order valence-electron chi connectivity index (χ1n) is 7.85. The van der Waals surface area contributed by atoms with Crippen LogP contribution < -0.4 is 10.1 Å². The fourth-order valence-electron chi connectivity index (χ4n) is 2.10. The van der Waals surface area contributed by atoms with E-state index in [9.17, 15) is 9.59 Å². The van der Waals surface area contributed by atoms with Crippen molar-refractivity contribution in [2.45, 2.75) is 26.7 Å². The van der Waals surface area contributed by atoms with E-state index in [2.05, 4.69) is 5.32 Å². The lowest BCUT2D eigenvalue weighted by Crippen LogP contribution is -2.14. The minimum absolute atomic E-state index is 0.140. The standard InChI is InChI=1S/C18H21NO4S/c1-3-22-18(21)15-12-13(2)24-17(15)19-16(20)10-7-11-23-14-8-5-4-6-9-14/h4-6,8-9,12H,3,7,10-11H2,1-2H3,(H,19,20). The number of carbonyl (C=O) groups excluding carboxylic acids is 2.